The molecule has 0 bridgehead atoms. The number of rotatable bonds is 2. The zero-order chi connectivity index (χ0) is 20.9. The Balaban J connectivity index is 1.71. The average Bonchev–Trinajstić information content (AvgIpc) is 3.32. The van der Waals surface area contributed by atoms with Gasteiger partial charge in [0.25, 0.3) is 0 Å². The van der Waals surface area contributed by atoms with E-state index in [-0.39, 0.29) is 0 Å². The lowest BCUT2D eigenvalue weighted by Crippen LogP contribution is -2.16. The molecule has 2 heteroatoms. The maximum atomic E-state index is 6.11. The molecule has 0 aliphatic heterocycles. The van der Waals surface area contributed by atoms with E-state index in [0.29, 0.717) is 5.42 Å². The van der Waals surface area contributed by atoms with E-state index < -0.39 is 0 Å². The van der Waals surface area contributed by atoms with Crippen molar-refractivity contribution in [2.75, 3.05) is 0 Å². The van der Waals surface area contributed by atoms with Crippen LogP contribution in [0.3, 0.4) is 0 Å². The molecule has 0 amide bonds. The summed E-state index contributed by atoms with van der Waals surface area (Å²) in [5.74, 6) is 0. The summed E-state index contributed by atoms with van der Waals surface area (Å²) in [7, 11) is 0. The lowest BCUT2D eigenvalue weighted by Gasteiger charge is -2.09. The zero-order valence-electron chi connectivity index (χ0n) is 17.3. The number of hydrogen-bond donors (Lipinski definition) is 0. The highest BCUT2D eigenvalue weighted by molar-refractivity contribution is 6.10. The lowest BCUT2D eigenvalue weighted by molar-refractivity contribution is 0.578. The summed E-state index contributed by atoms with van der Waals surface area (Å²) < 4.78 is 8.45. The van der Waals surface area contributed by atoms with E-state index in [4.69, 9.17) is 4.42 Å². The highest BCUT2D eigenvalue weighted by Crippen LogP contribution is 2.36. The minimum Gasteiger partial charge on any atom is -0.456 e. The van der Waals surface area contributed by atoms with Crippen LogP contribution in [0.5, 0.6) is 0 Å². The van der Waals surface area contributed by atoms with Crippen molar-refractivity contribution in [3.05, 3.63) is 102 Å². The average molecular weight is 399 g/mol. The van der Waals surface area contributed by atoms with Gasteiger partial charge in [0.1, 0.15) is 11.0 Å². The predicted octanol–water partition coefficient (Wildman–Crippen LogP) is 6.41. The summed E-state index contributed by atoms with van der Waals surface area (Å²) in [6.45, 7) is 6.12. The van der Waals surface area contributed by atoms with Gasteiger partial charge < -0.3 is 8.98 Å². The van der Waals surface area contributed by atoms with Crippen LogP contribution in [0.25, 0.3) is 62.2 Å². The Labute approximate surface area is 180 Å². The van der Waals surface area contributed by atoms with Gasteiger partial charge in [-0.3, -0.25) is 0 Å². The van der Waals surface area contributed by atoms with Gasteiger partial charge in [-0.05, 0) is 36.8 Å². The number of benzene rings is 4. The minimum atomic E-state index is 0.712. The van der Waals surface area contributed by atoms with Crippen LogP contribution in [-0.4, -0.2) is 4.57 Å². The van der Waals surface area contributed by atoms with Crippen molar-refractivity contribution in [3.63, 3.8) is 0 Å². The third kappa shape index (κ3) is 2.58. The molecule has 0 spiro atoms. The molecule has 0 fully saturated rings. The van der Waals surface area contributed by atoms with E-state index in [9.17, 15) is 0 Å². The molecule has 0 saturated heterocycles. The highest BCUT2D eigenvalue weighted by Gasteiger charge is 2.15. The zero-order valence-corrected chi connectivity index (χ0v) is 17.3. The van der Waals surface area contributed by atoms with Crippen molar-refractivity contribution in [3.8, 4) is 16.8 Å². The summed E-state index contributed by atoms with van der Waals surface area (Å²) in [5, 5.41) is 4.67. The Kier molecular flexibility index (Phi) is 3.87. The van der Waals surface area contributed by atoms with Gasteiger partial charge in [-0.15, -0.1) is 0 Å². The first-order chi connectivity index (χ1) is 15.3. The van der Waals surface area contributed by atoms with E-state index in [1.165, 1.54) is 21.8 Å². The third-order valence-corrected chi connectivity index (χ3v) is 6.12. The first-order valence-electron chi connectivity index (χ1n) is 10.5. The van der Waals surface area contributed by atoms with Crippen molar-refractivity contribution >= 4 is 45.4 Å². The topological polar surface area (TPSA) is 18.1 Å². The van der Waals surface area contributed by atoms with Crippen molar-refractivity contribution in [1.82, 2.24) is 4.57 Å². The van der Waals surface area contributed by atoms with Crippen LogP contribution in [0.1, 0.15) is 6.92 Å². The number of fused-ring (bicyclic) bond motifs is 4. The molecule has 0 N–H and O–H groups in total. The fourth-order valence-electron chi connectivity index (χ4n) is 4.72. The quantitative estimate of drug-likeness (QED) is 0.329. The first-order valence-corrected chi connectivity index (χ1v) is 10.5. The number of hydrogen-bond acceptors (Lipinski definition) is 1. The predicted molar refractivity (Wildman–Crippen MR) is 131 cm³/mol. The van der Waals surface area contributed by atoms with Crippen LogP contribution in [0.4, 0.5) is 0 Å². The van der Waals surface area contributed by atoms with Gasteiger partial charge in [0.05, 0.1) is 11.0 Å². The van der Waals surface area contributed by atoms with Crippen LogP contribution in [0, 0.1) is 0 Å². The molecule has 31 heavy (non-hydrogen) atoms. The van der Waals surface area contributed by atoms with Gasteiger partial charge in [-0.2, -0.15) is 0 Å². The van der Waals surface area contributed by atoms with E-state index in [0.717, 1.165) is 33.0 Å². The fourth-order valence-corrected chi connectivity index (χ4v) is 4.72. The van der Waals surface area contributed by atoms with Crippen molar-refractivity contribution in [2.24, 2.45) is 0 Å². The van der Waals surface area contributed by atoms with Crippen LogP contribution in [-0.2, 0) is 0 Å². The van der Waals surface area contributed by atoms with Gasteiger partial charge in [0, 0.05) is 32.6 Å². The molecule has 6 aromatic rings. The van der Waals surface area contributed by atoms with E-state index in [2.05, 4.69) is 108 Å². The summed E-state index contributed by atoms with van der Waals surface area (Å²) in [5.41, 5.74) is 7.37. The molecule has 0 aliphatic rings. The van der Waals surface area contributed by atoms with Crippen molar-refractivity contribution in [2.45, 2.75) is 6.92 Å². The normalized spacial score (nSPS) is 12.4. The summed E-state index contributed by atoms with van der Waals surface area (Å²) >= 11 is 0. The summed E-state index contributed by atoms with van der Waals surface area (Å²) in [4.78, 5) is 0. The largest absolute Gasteiger partial charge is 0.456 e. The molecule has 2 nitrogen and oxygen atoms in total. The second-order valence-corrected chi connectivity index (χ2v) is 7.83. The Bertz CT molecular complexity index is 1700. The van der Waals surface area contributed by atoms with Gasteiger partial charge in [0.15, 0.2) is 0 Å². The molecule has 2 aromatic heterocycles. The Morgan fingerprint density at radius 2 is 1.48 bits per heavy atom. The van der Waals surface area contributed by atoms with Crippen LogP contribution < -0.4 is 10.6 Å². The molecular formula is C29H21NO. The summed E-state index contributed by atoms with van der Waals surface area (Å²) in [6.07, 6.45) is 2.06. The minimum absolute atomic E-state index is 0.712. The van der Waals surface area contributed by atoms with Gasteiger partial charge in [-0.1, -0.05) is 79.4 Å². The van der Waals surface area contributed by atoms with E-state index in [1.54, 1.807) is 0 Å². The second kappa shape index (κ2) is 6.75. The monoisotopic (exact) mass is 399 g/mol. The molecule has 0 aliphatic carbocycles. The Hall–Kier alpha value is -4.04. The van der Waals surface area contributed by atoms with E-state index >= 15 is 0 Å². The molecular weight excluding hydrogens is 378 g/mol. The molecule has 0 atom stereocenters. The molecule has 0 unspecified atom stereocenters. The maximum absolute atomic E-state index is 6.11. The van der Waals surface area contributed by atoms with Crippen LogP contribution >= 0.6 is 0 Å². The molecule has 6 rings (SSSR count). The van der Waals surface area contributed by atoms with Crippen molar-refractivity contribution < 1.29 is 4.42 Å². The standard InChI is InChI=1S/C29H21NO/c1-3-22-19(2)31-29-23(13-9-14-26(22)29)20-16-17-25-24-12-7-8-15-27(24)30(28(25)18-20)21-10-5-4-6-11-21/h3-18H,2H2,1H3/b22-3+. The van der Waals surface area contributed by atoms with Crippen molar-refractivity contribution in [1.29, 1.82) is 0 Å². The lowest BCUT2D eigenvalue weighted by atomic mass is 10.0. The van der Waals surface area contributed by atoms with Gasteiger partial charge in [-0.25, -0.2) is 0 Å². The second-order valence-electron chi connectivity index (χ2n) is 7.83. The molecule has 0 saturated carbocycles. The Morgan fingerprint density at radius 3 is 2.32 bits per heavy atom. The van der Waals surface area contributed by atoms with Crippen LogP contribution in [0.2, 0.25) is 0 Å². The van der Waals surface area contributed by atoms with Gasteiger partial charge in [0.2, 0.25) is 0 Å². The SMILES string of the molecule is C=c1oc2c(-c3ccc4c5ccccc5n(-c5ccccc5)c4c3)cccc2/c1=C/C. The number of para-hydroxylation sites is 3. The van der Waals surface area contributed by atoms with E-state index in [1.807, 2.05) is 6.92 Å². The molecule has 2 heterocycles. The maximum Gasteiger partial charge on any atom is 0.143 e. The molecule has 0 radical (unpaired) electrons. The fraction of sp³-hybridized carbons (Fsp3) is 0.0345. The smallest absolute Gasteiger partial charge is 0.143 e. The highest BCUT2D eigenvalue weighted by atomic mass is 16.3. The third-order valence-electron chi connectivity index (χ3n) is 6.12. The Morgan fingerprint density at radius 1 is 0.742 bits per heavy atom. The van der Waals surface area contributed by atoms with Gasteiger partial charge >= 0.3 is 0 Å². The number of aromatic nitrogens is 1. The van der Waals surface area contributed by atoms with Crippen LogP contribution in [0.15, 0.2) is 95.4 Å². The molecule has 4 aromatic carbocycles. The molecule has 148 valence electrons. The number of furan rings is 1. The first kappa shape index (κ1) is 17.8. The number of nitrogens with zero attached hydrogens (tertiary/aromatic N) is 1. The summed E-state index contributed by atoms with van der Waals surface area (Å²) in [6, 6.07) is 32.2.